The summed E-state index contributed by atoms with van der Waals surface area (Å²) in [6.45, 7) is 0.0798. The molecule has 3 heterocycles. The lowest BCUT2D eigenvalue weighted by Gasteiger charge is -2.36. The highest BCUT2D eigenvalue weighted by Gasteiger charge is 2.61. The third kappa shape index (κ3) is 8.36. The minimum atomic E-state index is -3.75. The molecule has 0 amide bonds. The summed E-state index contributed by atoms with van der Waals surface area (Å²) in [4.78, 5) is 12.5. The van der Waals surface area contributed by atoms with Crippen LogP contribution in [0.1, 0.15) is 28.5 Å². The predicted octanol–water partition coefficient (Wildman–Crippen LogP) is 7.99. The van der Waals surface area contributed by atoms with Crippen molar-refractivity contribution < 1.29 is 32.5 Å². The number of alkyl halides is 2. The molecular formula is C40H37ClF2N4O5. The molecule has 0 bridgehead atoms. The average molecular weight is 727 g/mol. The molecule has 268 valence electrons. The maximum absolute atomic E-state index is 17.6. The molecule has 1 aliphatic rings. The molecule has 0 unspecified atom stereocenters. The minimum Gasteiger partial charge on any atom is -0.374 e. The number of halogens is 3. The molecule has 1 fully saturated rings. The first-order chi connectivity index (χ1) is 25.5. The summed E-state index contributed by atoms with van der Waals surface area (Å²) in [5.74, 6) is -3.75. The second kappa shape index (κ2) is 16.8. The van der Waals surface area contributed by atoms with E-state index in [9.17, 15) is 0 Å². The van der Waals surface area contributed by atoms with Crippen molar-refractivity contribution >= 4 is 22.8 Å². The zero-order valence-electron chi connectivity index (χ0n) is 28.1. The summed E-state index contributed by atoms with van der Waals surface area (Å²) < 4.78 is 68.4. The van der Waals surface area contributed by atoms with Crippen molar-refractivity contribution in [2.24, 2.45) is 0 Å². The van der Waals surface area contributed by atoms with Crippen LogP contribution in [-0.4, -0.2) is 56.5 Å². The number of benzene rings is 4. The number of rotatable bonds is 14. The Morgan fingerprint density at radius 2 is 1.13 bits per heavy atom. The van der Waals surface area contributed by atoms with Gasteiger partial charge < -0.3 is 23.7 Å². The van der Waals surface area contributed by atoms with E-state index in [-0.39, 0.29) is 49.4 Å². The van der Waals surface area contributed by atoms with E-state index in [4.69, 9.17) is 35.3 Å². The Bertz CT molecular complexity index is 1990. The number of hydrogen-bond acceptors (Lipinski definition) is 8. The van der Waals surface area contributed by atoms with Crippen LogP contribution >= 0.6 is 11.6 Å². The Balaban J connectivity index is 1.32. The number of nitrogens with zero attached hydrogens (tertiary/aromatic N) is 4. The number of imidazole rings is 1. The van der Waals surface area contributed by atoms with Gasteiger partial charge in [0, 0.05) is 0 Å². The van der Waals surface area contributed by atoms with Gasteiger partial charge in [0.25, 0.3) is 0 Å². The van der Waals surface area contributed by atoms with Crippen molar-refractivity contribution in [2.75, 3.05) is 6.61 Å². The van der Waals surface area contributed by atoms with Crippen molar-refractivity contribution in [2.45, 2.75) is 63.0 Å². The third-order valence-corrected chi connectivity index (χ3v) is 9.08. The van der Waals surface area contributed by atoms with Gasteiger partial charge in [0.1, 0.15) is 30.2 Å². The first kappa shape index (κ1) is 35.8. The average Bonchev–Trinajstić information content (AvgIpc) is 3.58. The minimum absolute atomic E-state index is 0.0110. The fraction of sp³-hybridized carbons (Fsp3) is 0.275. The molecule has 12 heteroatoms. The van der Waals surface area contributed by atoms with E-state index in [1.807, 2.05) is 121 Å². The Labute approximate surface area is 305 Å². The van der Waals surface area contributed by atoms with E-state index in [2.05, 4.69) is 15.0 Å². The smallest absolute Gasteiger partial charge is 0.320 e. The molecule has 2 aromatic heterocycles. The number of aromatic nitrogens is 4. The second-order valence-corrected chi connectivity index (χ2v) is 12.8. The van der Waals surface area contributed by atoms with Crippen molar-refractivity contribution in [1.29, 1.82) is 0 Å². The Morgan fingerprint density at radius 3 is 1.69 bits per heavy atom. The van der Waals surface area contributed by atoms with Gasteiger partial charge in [0.05, 0.1) is 39.4 Å². The van der Waals surface area contributed by atoms with Crippen molar-refractivity contribution in [3.05, 3.63) is 161 Å². The molecule has 5 atom stereocenters. The molecule has 0 saturated carbocycles. The van der Waals surface area contributed by atoms with Gasteiger partial charge in [-0.25, -0.2) is 15.0 Å². The quantitative estimate of drug-likeness (QED) is 0.104. The van der Waals surface area contributed by atoms with E-state index >= 15 is 8.78 Å². The van der Waals surface area contributed by atoms with Crippen LogP contribution in [0.3, 0.4) is 0 Å². The molecule has 0 radical (unpaired) electrons. The zero-order valence-corrected chi connectivity index (χ0v) is 28.8. The van der Waals surface area contributed by atoms with Gasteiger partial charge in [-0.15, -0.1) is 0 Å². The SMILES string of the molecule is FC1(F)[C@H](OCc2ccccc2)[C@@H](OCc2ccccc2)[C@H](OCc2ccccc2)[C@@H](COCc2ccccc2)O[C@H]1n1cnc2c(Cl)ncnc21. The number of ether oxygens (including phenoxy) is 5. The molecule has 6 aromatic rings. The van der Waals surface area contributed by atoms with Crippen molar-refractivity contribution in [1.82, 2.24) is 19.5 Å². The van der Waals surface area contributed by atoms with Gasteiger partial charge in [-0.3, -0.25) is 4.57 Å². The zero-order chi connectivity index (χ0) is 35.8. The fourth-order valence-electron chi connectivity index (χ4n) is 6.21. The predicted molar refractivity (Wildman–Crippen MR) is 190 cm³/mol. The van der Waals surface area contributed by atoms with Gasteiger partial charge in [0.2, 0.25) is 6.23 Å². The van der Waals surface area contributed by atoms with Crippen LogP contribution in [0.25, 0.3) is 11.2 Å². The molecule has 4 aromatic carbocycles. The van der Waals surface area contributed by atoms with Crippen molar-refractivity contribution in [3.63, 3.8) is 0 Å². The van der Waals surface area contributed by atoms with Gasteiger partial charge in [0.15, 0.2) is 16.9 Å². The summed E-state index contributed by atoms with van der Waals surface area (Å²) >= 11 is 6.32. The Morgan fingerprint density at radius 1 is 0.635 bits per heavy atom. The van der Waals surface area contributed by atoms with Crippen LogP contribution in [-0.2, 0) is 50.1 Å². The van der Waals surface area contributed by atoms with Gasteiger partial charge in [-0.2, -0.15) is 8.78 Å². The van der Waals surface area contributed by atoms with Crippen LogP contribution in [0, 0.1) is 0 Å². The van der Waals surface area contributed by atoms with E-state index in [1.165, 1.54) is 17.2 Å². The summed E-state index contributed by atoms with van der Waals surface area (Å²) in [5.41, 5.74) is 3.47. The normalized spacial score (nSPS) is 21.6. The van der Waals surface area contributed by atoms with Crippen LogP contribution in [0.5, 0.6) is 0 Å². The lowest BCUT2D eigenvalue weighted by Crippen LogP contribution is -2.54. The van der Waals surface area contributed by atoms with Gasteiger partial charge >= 0.3 is 5.92 Å². The van der Waals surface area contributed by atoms with E-state index < -0.39 is 36.6 Å². The molecule has 7 rings (SSSR count). The second-order valence-electron chi connectivity index (χ2n) is 12.4. The molecule has 0 spiro atoms. The van der Waals surface area contributed by atoms with Crippen LogP contribution in [0.2, 0.25) is 5.15 Å². The highest BCUT2D eigenvalue weighted by atomic mass is 35.5. The lowest BCUT2D eigenvalue weighted by molar-refractivity contribution is -0.250. The van der Waals surface area contributed by atoms with Crippen LogP contribution in [0.4, 0.5) is 8.78 Å². The van der Waals surface area contributed by atoms with Crippen molar-refractivity contribution in [3.8, 4) is 0 Å². The standard InChI is InChI=1S/C40H37ClF2N4O5/c41-37-33-38(45-26-44-37)47(27-46-33)39-40(42,43)36(51-24-31-19-11-4-12-20-31)35(50-23-30-17-9-3-10-18-30)34(49-22-29-15-7-2-8-16-29)32(52-39)25-48-21-28-13-5-1-6-14-28/h1-20,26-27,32,34-36,39H,21-25H2/t32-,34-,35+,36-,39-/m1/s1. The summed E-state index contributed by atoms with van der Waals surface area (Å²) in [5, 5.41) is 0.0217. The van der Waals surface area contributed by atoms with E-state index in [1.54, 1.807) is 0 Å². The molecular weight excluding hydrogens is 690 g/mol. The first-order valence-corrected chi connectivity index (χ1v) is 17.3. The molecule has 1 aliphatic heterocycles. The van der Waals surface area contributed by atoms with Gasteiger partial charge in [-0.1, -0.05) is 133 Å². The van der Waals surface area contributed by atoms with E-state index in [0.29, 0.717) is 5.56 Å². The first-order valence-electron chi connectivity index (χ1n) is 16.9. The topological polar surface area (TPSA) is 89.8 Å². The summed E-state index contributed by atoms with van der Waals surface area (Å²) in [6.07, 6.45) is -4.96. The largest absolute Gasteiger partial charge is 0.374 e. The maximum atomic E-state index is 17.6. The number of fused-ring (bicyclic) bond motifs is 1. The van der Waals surface area contributed by atoms with Gasteiger partial charge in [-0.05, 0) is 22.3 Å². The van der Waals surface area contributed by atoms with Crippen LogP contribution in [0.15, 0.2) is 134 Å². The highest BCUT2D eigenvalue weighted by Crippen LogP contribution is 2.45. The summed E-state index contributed by atoms with van der Waals surface area (Å²) in [6, 6.07) is 37.5. The molecule has 9 nitrogen and oxygen atoms in total. The van der Waals surface area contributed by atoms with Crippen LogP contribution < -0.4 is 0 Å². The monoisotopic (exact) mass is 726 g/mol. The van der Waals surface area contributed by atoms with E-state index in [0.717, 1.165) is 16.7 Å². The maximum Gasteiger partial charge on any atom is 0.320 e. The third-order valence-electron chi connectivity index (χ3n) is 8.80. The number of hydrogen-bond donors (Lipinski definition) is 0. The fourth-order valence-corrected chi connectivity index (χ4v) is 6.39. The molecule has 0 aliphatic carbocycles. The molecule has 52 heavy (non-hydrogen) atoms. The lowest BCUT2D eigenvalue weighted by atomic mass is 9.98. The Hall–Kier alpha value is -4.62. The molecule has 1 saturated heterocycles. The molecule has 0 N–H and O–H groups in total. The highest BCUT2D eigenvalue weighted by molar-refractivity contribution is 6.33. The Kier molecular flexibility index (Phi) is 11.6. The summed E-state index contributed by atoms with van der Waals surface area (Å²) in [7, 11) is 0.